The Morgan fingerprint density at radius 1 is 1.43 bits per heavy atom. The average Bonchev–Trinajstić information content (AvgIpc) is 3.02. The van der Waals surface area contributed by atoms with Gasteiger partial charge in [0.2, 0.25) is 0 Å². The second kappa shape index (κ2) is 6.51. The van der Waals surface area contributed by atoms with Crippen molar-refractivity contribution in [3.63, 3.8) is 0 Å². The molecule has 0 radical (unpaired) electrons. The summed E-state index contributed by atoms with van der Waals surface area (Å²) < 4.78 is 8.77. The number of carbonyl (C=O) groups excluding carboxylic acids is 1. The van der Waals surface area contributed by atoms with Gasteiger partial charge in [0.1, 0.15) is 5.82 Å². The van der Waals surface area contributed by atoms with Gasteiger partial charge in [0.05, 0.1) is 18.8 Å². The van der Waals surface area contributed by atoms with E-state index < -0.39 is 5.97 Å². The second-order valence-electron chi connectivity index (χ2n) is 5.13. The molecular formula is C14H21N5O2. The molecule has 0 unspecified atom stereocenters. The number of ether oxygens (including phenoxy) is 1. The molecule has 0 N–H and O–H groups in total. The predicted molar refractivity (Wildman–Crippen MR) is 77.0 cm³/mol. The van der Waals surface area contributed by atoms with Crippen LogP contribution < -0.4 is 0 Å². The highest BCUT2D eigenvalue weighted by atomic mass is 16.5. The van der Waals surface area contributed by atoms with Crippen LogP contribution in [0, 0.1) is 0 Å². The number of imidazole rings is 1. The maximum atomic E-state index is 11.9. The molecule has 7 heteroatoms. The third kappa shape index (κ3) is 3.29. The summed E-state index contributed by atoms with van der Waals surface area (Å²) in [7, 11) is 1.96. The molecule has 114 valence electrons. The Kier molecular flexibility index (Phi) is 4.72. The number of hydrogen-bond donors (Lipinski definition) is 0. The minimum absolute atomic E-state index is 0.140. The van der Waals surface area contributed by atoms with Gasteiger partial charge in [-0.1, -0.05) is 19.1 Å². The fraction of sp³-hybridized carbons (Fsp3) is 0.571. The van der Waals surface area contributed by atoms with Crippen molar-refractivity contribution in [1.29, 1.82) is 0 Å². The maximum Gasteiger partial charge on any atom is 0.360 e. The molecule has 0 aliphatic carbocycles. The van der Waals surface area contributed by atoms with E-state index in [1.165, 1.54) is 0 Å². The van der Waals surface area contributed by atoms with Crippen LogP contribution in [0.5, 0.6) is 0 Å². The van der Waals surface area contributed by atoms with Gasteiger partial charge < -0.3 is 9.30 Å². The van der Waals surface area contributed by atoms with E-state index in [0.29, 0.717) is 18.8 Å². The Balaban J connectivity index is 2.19. The molecular weight excluding hydrogens is 270 g/mol. The Hall–Kier alpha value is -2.18. The Morgan fingerprint density at radius 3 is 2.76 bits per heavy atom. The monoisotopic (exact) mass is 291 g/mol. The Bertz CT molecular complexity index is 615. The van der Waals surface area contributed by atoms with Gasteiger partial charge in [0.25, 0.3) is 0 Å². The van der Waals surface area contributed by atoms with Crippen molar-refractivity contribution in [2.24, 2.45) is 7.05 Å². The van der Waals surface area contributed by atoms with E-state index in [1.807, 2.05) is 31.7 Å². The molecule has 7 nitrogen and oxygen atoms in total. The highest BCUT2D eigenvalue weighted by Gasteiger charge is 2.23. The number of esters is 1. The molecule has 2 heterocycles. The van der Waals surface area contributed by atoms with Gasteiger partial charge in [0.15, 0.2) is 5.69 Å². The summed E-state index contributed by atoms with van der Waals surface area (Å²) in [6.07, 6.45) is 4.41. The van der Waals surface area contributed by atoms with Crippen LogP contribution in [-0.4, -0.2) is 37.1 Å². The number of aromatic nitrogens is 5. The van der Waals surface area contributed by atoms with Crippen LogP contribution in [0.2, 0.25) is 0 Å². The molecule has 0 atom stereocenters. The van der Waals surface area contributed by atoms with E-state index in [2.05, 4.69) is 15.3 Å². The summed E-state index contributed by atoms with van der Waals surface area (Å²) >= 11 is 0. The lowest BCUT2D eigenvalue weighted by atomic mass is 10.1. The first-order valence-corrected chi connectivity index (χ1v) is 7.11. The van der Waals surface area contributed by atoms with Gasteiger partial charge in [-0.25, -0.2) is 14.5 Å². The van der Waals surface area contributed by atoms with Crippen molar-refractivity contribution in [2.45, 2.75) is 39.7 Å². The van der Waals surface area contributed by atoms with Gasteiger partial charge >= 0.3 is 5.97 Å². The molecule has 0 saturated heterocycles. The lowest BCUT2D eigenvalue weighted by Crippen LogP contribution is -2.14. The minimum Gasteiger partial charge on any atom is -0.461 e. The molecule has 0 fully saturated rings. The number of aryl methyl sites for hydroxylation is 3. The maximum absolute atomic E-state index is 11.9. The van der Waals surface area contributed by atoms with Crippen LogP contribution in [-0.2, 0) is 24.8 Å². The molecule has 2 aromatic heterocycles. The number of carbonyl (C=O) groups is 1. The molecule has 0 bridgehead atoms. The fourth-order valence-corrected chi connectivity index (χ4v) is 2.25. The van der Waals surface area contributed by atoms with Crippen LogP contribution in [0.4, 0.5) is 0 Å². The summed E-state index contributed by atoms with van der Waals surface area (Å²) in [4.78, 5) is 16.2. The summed E-state index contributed by atoms with van der Waals surface area (Å²) in [5.41, 5.74) is 1.12. The zero-order chi connectivity index (χ0) is 15.4. The van der Waals surface area contributed by atoms with Crippen LogP contribution >= 0.6 is 0 Å². The van der Waals surface area contributed by atoms with Gasteiger partial charge in [-0.05, 0) is 12.8 Å². The molecule has 0 aliphatic heterocycles. The minimum atomic E-state index is -0.413. The molecule has 2 rings (SSSR count). The summed E-state index contributed by atoms with van der Waals surface area (Å²) in [6.45, 7) is 6.76. The summed E-state index contributed by atoms with van der Waals surface area (Å²) in [5.74, 6) is 0.697. The van der Waals surface area contributed by atoms with Gasteiger partial charge in [0, 0.05) is 25.9 Å². The fourth-order valence-electron chi connectivity index (χ4n) is 2.25. The Morgan fingerprint density at radius 2 is 2.19 bits per heavy atom. The van der Waals surface area contributed by atoms with Crippen molar-refractivity contribution >= 4 is 5.97 Å². The average molecular weight is 291 g/mol. The first-order chi connectivity index (χ1) is 10.0. The normalized spacial score (nSPS) is 11.1. The summed E-state index contributed by atoms with van der Waals surface area (Å²) in [6, 6.07) is 0. The van der Waals surface area contributed by atoms with Crippen molar-refractivity contribution in [3.05, 3.63) is 29.6 Å². The third-order valence-electron chi connectivity index (χ3n) is 3.26. The third-order valence-corrected chi connectivity index (χ3v) is 3.26. The SMILES string of the molecule is CCOC(=O)c1nnn(CCc2nccn2C)c1C(C)C. The molecule has 0 spiro atoms. The van der Waals surface area contributed by atoms with E-state index in [0.717, 1.165) is 17.9 Å². The molecule has 0 saturated carbocycles. The van der Waals surface area contributed by atoms with Crippen molar-refractivity contribution < 1.29 is 9.53 Å². The van der Waals surface area contributed by atoms with E-state index in [-0.39, 0.29) is 5.92 Å². The molecule has 0 amide bonds. The van der Waals surface area contributed by atoms with Gasteiger partial charge in [-0.2, -0.15) is 0 Å². The van der Waals surface area contributed by atoms with E-state index in [1.54, 1.807) is 17.8 Å². The predicted octanol–water partition coefficient (Wildman–Crippen LogP) is 1.55. The Labute approximate surface area is 123 Å². The second-order valence-corrected chi connectivity index (χ2v) is 5.13. The van der Waals surface area contributed by atoms with Crippen LogP contribution in [0.15, 0.2) is 12.4 Å². The lowest BCUT2D eigenvalue weighted by Gasteiger charge is -2.10. The van der Waals surface area contributed by atoms with Crippen molar-refractivity contribution in [3.8, 4) is 0 Å². The molecule has 0 aromatic carbocycles. The quantitative estimate of drug-likeness (QED) is 0.755. The van der Waals surface area contributed by atoms with Gasteiger partial charge in [-0.15, -0.1) is 5.10 Å². The summed E-state index contributed by atoms with van der Waals surface area (Å²) in [5, 5.41) is 8.09. The van der Waals surface area contributed by atoms with Crippen LogP contribution in [0.25, 0.3) is 0 Å². The highest BCUT2D eigenvalue weighted by molar-refractivity contribution is 5.88. The van der Waals surface area contributed by atoms with Gasteiger partial charge in [-0.3, -0.25) is 0 Å². The smallest absolute Gasteiger partial charge is 0.360 e. The number of hydrogen-bond acceptors (Lipinski definition) is 5. The molecule has 21 heavy (non-hydrogen) atoms. The number of rotatable bonds is 6. The topological polar surface area (TPSA) is 74.8 Å². The zero-order valence-electron chi connectivity index (χ0n) is 12.9. The largest absolute Gasteiger partial charge is 0.461 e. The van der Waals surface area contributed by atoms with Crippen LogP contribution in [0.3, 0.4) is 0 Å². The van der Waals surface area contributed by atoms with E-state index >= 15 is 0 Å². The van der Waals surface area contributed by atoms with Crippen molar-refractivity contribution in [1.82, 2.24) is 24.5 Å². The van der Waals surface area contributed by atoms with E-state index in [4.69, 9.17) is 4.74 Å². The highest BCUT2D eigenvalue weighted by Crippen LogP contribution is 2.18. The van der Waals surface area contributed by atoms with Crippen molar-refractivity contribution in [2.75, 3.05) is 6.61 Å². The zero-order valence-corrected chi connectivity index (χ0v) is 12.9. The van der Waals surface area contributed by atoms with E-state index in [9.17, 15) is 4.79 Å². The lowest BCUT2D eigenvalue weighted by molar-refractivity contribution is 0.0517. The standard InChI is InChI=1S/C14H21N5O2/c1-5-21-14(20)12-13(10(2)3)19(17-16-12)8-6-11-15-7-9-18(11)4/h7,9-10H,5-6,8H2,1-4H3. The van der Waals surface area contributed by atoms with Crippen LogP contribution in [0.1, 0.15) is 48.7 Å². The first kappa shape index (κ1) is 15.2. The molecule has 2 aromatic rings. The number of nitrogens with zero attached hydrogens (tertiary/aromatic N) is 5. The molecule has 0 aliphatic rings. The first-order valence-electron chi connectivity index (χ1n) is 7.11.